The number of guanidine groups is 1. The first-order valence-corrected chi connectivity index (χ1v) is 9.72. The summed E-state index contributed by atoms with van der Waals surface area (Å²) in [5.41, 5.74) is 2.03. The summed E-state index contributed by atoms with van der Waals surface area (Å²) in [4.78, 5) is 6.74. The van der Waals surface area contributed by atoms with Gasteiger partial charge in [0.1, 0.15) is 11.5 Å². The monoisotopic (exact) mass is 384 g/mol. The fourth-order valence-corrected chi connectivity index (χ4v) is 3.22. The highest BCUT2D eigenvalue weighted by Crippen LogP contribution is 2.22. The Morgan fingerprint density at radius 3 is 2.43 bits per heavy atom. The summed E-state index contributed by atoms with van der Waals surface area (Å²) in [6.45, 7) is 7.48. The molecule has 0 spiro atoms. The number of phenolic OH excluding ortho intramolecular Hbond substituents is 1. The maximum atomic E-state index is 10.1. The third-order valence-electron chi connectivity index (χ3n) is 4.86. The molecular formula is C22H32N4O2. The first-order valence-electron chi connectivity index (χ1n) is 9.72. The van der Waals surface area contributed by atoms with Gasteiger partial charge >= 0.3 is 0 Å². The van der Waals surface area contributed by atoms with Crippen molar-refractivity contribution in [3.05, 3.63) is 59.7 Å². The Kier molecular flexibility index (Phi) is 8.62. The maximum absolute atomic E-state index is 10.1. The quantitative estimate of drug-likeness (QED) is 0.458. The average Bonchev–Trinajstić information content (AvgIpc) is 2.74. The summed E-state index contributed by atoms with van der Waals surface area (Å²) in [7, 11) is 3.36. The van der Waals surface area contributed by atoms with Crippen molar-refractivity contribution in [1.82, 2.24) is 15.5 Å². The lowest BCUT2D eigenvalue weighted by Gasteiger charge is -2.30. The van der Waals surface area contributed by atoms with E-state index in [0.717, 1.165) is 25.2 Å². The summed E-state index contributed by atoms with van der Waals surface area (Å²) in [5, 5.41) is 16.7. The van der Waals surface area contributed by atoms with Gasteiger partial charge in [-0.3, -0.25) is 9.89 Å². The Hall–Kier alpha value is -2.73. The Morgan fingerprint density at radius 1 is 1.11 bits per heavy atom. The Morgan fingerprint density at radius 2 is 1.82 bits per heavy atom. The van der Waals surface area contributed by atoms with Crippen molar-refractivity contribution in [2.45, 2.75) is 26.4 Å². The zero-order chi connectivity index (χ0) is 20.4. The molecule has 0 amide bonds. The van der Waals surface area contributed by atoms with Crippen molar-refractivity contribution in [3.63, 3.8) is 0 Å². The van der Waals surface area contributed by atoms with Gasteiger partial charge in [0.2, 0.25) is 0 Å². The van der Waals surface area contributed by atoms with Crippen molar-refractivity contribution in [2.24, 2.45) is 4.99 Å². The van der Waals surface area contributed by atoms with Crippen molar-refractivity contribution in [2.75, 3.05) is 33.8 Å². The molecule has 2 aromatic rings. The molecule has 0 aromatic heterocycles. The fraction of sp³-hybridized carbons (Fsp3) is 0.409. The molecule has 3 N–H and O–H groups in total. The van der Waals surface area contributed by atoms with E-state index in [1.165, 1.54) is 5.56 Å². The van der Waals surface area contributed by atoms with Crippen molar-refractivity contribution < 1.29 is 9.84 Å². The van der Waals surface area contributed by atoms with Gasteiger partial charge in [0.05, 0.1) is 13.2 Å². The average molecular weight is 385 g/mol. The van der Waals surface area contributed by atoms with Crippen LogP contribution in [0.4, 0.5) is 0 Å². The largest absolute Gasteiger partial charge is 0.508 e. The predicted octanol–water partition coefficient (Wildman–Crippen LogP) is 3.15. The lowest BCUT2D eigenvalue weighted by Crippen LogP contribution is -2.43. The second-order valence-electron chi connectivity index (χ2n) is 6.45. The molecule has 152 valence electrons. The standard InChI is InChI=1S/C22H32N4O2/c1-5-26(6-2)20(17-10-8-7-9-11-17)16-25-22(23-3)24-15-18-14-19(28-4)12-13-21(18)27/h7-14,20,27H,5-6,15-16H2,1-4H3,(H2,23,24,25). The molecule has 0 fully saturated rings. The van der Waals surface area contributed by atoms with Gasteiger partial charge in [-0.05, 0) is 36.9 Å². The number of methoxy groups -OCH3 is 1. The van der Waals surface area contributed by atoms with E-state index >= 15 is 0 Å². The first kappa shape index (κ1) is 21.6. The van der Waals surface area contributed by atoms with Crippen LogP contribution >= 0.6 is 0 Å². The number of rotatable bonds is 9. The van der Waals surface area contributed by atoms with E-state index in [1.54, 1.807) is 26.3 Å². The highest BCUT2D eigenvalue weighted by atomic mass is 16.5. The van der Waals surface area contributed by atoms with Gasteiger partial charge in [-0.2, -0.15) is 0 Å². The molecule has 1 atom stereocenters. The zero-order valence-corrected chi connectivity index (χ0v) is 17.3. The van der Waals surface area contributed by atoms with Crippen LogP contribution in [0.2, 0.25) is 0 Å². The van der Waals surface area contributed by atoms with Crippen LogP contribution in [0.3, 0.4) is 0 Å². The van der Waals surface area contributed by atoms with Gasteiger partial charge in [-0.15, -0.1) is 0 Å². The molecule has 0 aliphatic heterocycles. The molecule has 0 saturated carbocycles. The SMILES string of the molecule is CCN(CC)C(CNC(=NC)NCc1cc(OC)ccc1O)c1ccccc1. The lowest BCUT2D eigenvalue weighted by atomic mass is 10.1. The minimum Gasteiger partial charge on any atom is -0.508 e. The topological polar surface area (TPSA) is 69.1 Å². The molecule has 2 rings (SSSR count). The summed E-state index contributed by atoms with van der Waals surface area (Å²) in [6.07, 6.45) is 0. The van der Waals surface area contributed by atoms with Crippen molar-refractivity contribution in [3.8, 4) is 11.5 Å². The molecule has 0 radical (unpaired) electrons. The molecule has 0 heterocycles. The Balaban J connectivity index is 2.03. The predicted molar refractivity (Wildman–Crippen MR) is 115 cm³/mol. The number of benzene rings is 2. The summed E-state index contributed by atoms with van der Waals surface area (Å²) >= 11 is 0. The van der Waals surface area contributed by atoms with Crippen LogP contribution in [-0.4, -0.2) is 49.8 Å². The normalized spacial score (nSPS) is 12.7. The number of nitrogens with one attached hydrogen (secondary N) is 2. The van der Waals surface area contributed by atoms with Crippen LogP contribution in [-0.2, 0) is 6.54 Å². The van der Waals surface area contributed by atoms with Gasteiger partial charge in [-0.25, -0.2) is 0 Å². The van der Waals surface area contributed by atoms with E-state index in [9.17, 15) is 5.11 Å². The number of phenols is 1. The van der Waals surface area contributed by atoms with E-state index in [1.807, 2.05) is 12.1 Å². The minimum atomic E-state index is 0.231. The van der Waals surface area contributed by atoms with Crippen LogP contribution < -0.4 is 15.4 Å². The first-order chi connectivity index (χ1) is 13.6. The number of likely N-dealkylation sites (N-methyl/N-ethyl adjacent to an activating group) is 1. The highest BCUT2D eigenvalue weighted by Gasteiger charge is 2.18. The van der Waals surface area contributed by atoms with E-state index in [2.05, 4.69) is 58.6 Å². The van der Waals surface area contributed by atoms with Gasteiger partial charge in [-0.1, -0.05) is 44.2 Å². The summed E-state index contributed by atoms with van der Waals surface area (Å²) in [5.74, 6) is 1.63. The Bertz CT molecular complexity index is 745. The number of aromatic hydroxyl groups is 1. The third kappa shape index (κ3) is 5.89. The summed E-state index contributed by atoms with van der Waals surface area (Å²) < 4.78 is 5.23. The number of aliphatic imine (C=N–C) groups is 1. The number of nitrogens with zero attached hydrogens (tertiary/aromatic N) is 2. The van der Waals surface area contributed by atoms with E-state index in [0.29, 0.717) is 18.3 Å². The van der Waals surface area contributed by atoms with E-state index in [-0.39, 0.29) is 11.8 Å². The number of hydrogen-bond acceptors (Lipinski definition) is 4. The van der Waals surface area contributed by atoms with Crippen LogP contribution in [0.25, 0.3) is 0 Å². The van der Waals surface area contributed by atoms with Gasteiger partial charge < -0.3 is 20.5 Å². The third-order valence-corrected chi connectivity index (χ3v) is 4.86. The molecule has 1 unspecified atom stereocenters. The molecule has 2 aromatic carbocycles. The lowest BCUT2D eigenvalue weighted by molar-refractivity contribution is 0.219. The molecular weight excluding hydrogens is 352 g/mol. The molecule has 6 heteroatoms. The smallest absolute Gasteiger partial charge is 0.191 e. The molecule has 28 heavy (non-hydrogen) atoms. The molecule has 0 saturated heterocycles. The van der Waals surface area contributed by atoms with Crippen LogP contribution in [0.1, 0.15) is 31.0 Å². The Labute approximate surface area is 168 Å². The van der Waals surface area contributed by atoms with Gasteiger partial charge in [0.15, 0.2) is 5.96 Å². The molecule has 0 bridgehead atoms. The number of ether oxygens (including phenoxy) is 1. The van der Waals surface area contributed by atoms with Crippen LogP contribution in [0.5, 0.6) is 11.5 Å². The van der Waals surface area contributed by atoms with Crippen LogP contribution in [0.15, 0.2) is 53.5 Å². The summed E-state index contributed by atoms with van der Waals surface area (Å²) in [6, 6.07) is 16.0. The van der Waals surface area contributed by atoms with E-state index in [4.69, 9.17) is 4.74 Å². The molecule has 0 aliphatic carbocycles. The minimum absolute atomic E-state index is 0.231. The van der Waals surface area contributed by atoms with Gasteiger partial charge in [0.25, 0.3) is 0 Å². The second kappa shape index (κ2) is 11.2. The maximum Gasteiger partial charge on any atom is 0.191 e. The zero-order valence-electron chi connectivity index (χ0n) is 17.3. The van der Waals surface area contributed by atoms with Crippen molar-refractivity contribution >= 4 is 5.96 Å². The fourth-order valence-electron chi connectivity index (χ4n) is 3.22. The highest BCUT2D eigenvalue weighted by molar-refractivity contribution is 5.79. The van der Waals surface area contributed by atoms with Gasteiger partial charge in [0, 0.05) is 25.7 Å². The van der Waals surface area contributed by atoms with Crippen molar-refractivity contribution in [1.29, 1.82) is 0 Å². The molecule has 6 nitrogen and oxygen atoms in total. The van der Waals surface area contributed by atoms with Crippen LogP contribution in [0, 0.1) is 0 Å². The number of hydrogen-bond donors (Lipinski definition) is 3. The molecule has 0 aliphatic rings. The van der Waals surface area contributed by atoms with E-state index < -0.39 is 0 Å². The second-order valence-corrected chi connectivity index (χ2v) is 6.45.